The lowest BCUT2D eigenvalue weighted by Gasteiger charge is -2.33. The quantitative estimate of drug-likeness (QED) is 0.771. The van der Waals surface area contributed by atoms with Gasteiger partial charge in [0.1, 0.15) is 0 Å². The van der Waals surface area contributed by atoms with Crippen LogP contribution >= 0.6 is 0 Å². The first-order valence-electron chi connectivity index (χ1n) is 7.20. The van der Waals surface area contributed by atoms with E-state index in [1.165, 1.54) is 25.7 Å². The molecule has 2 aliphatic rings. The molecule has 2 saturated carbocycles. The average Bonchev–Trinajstić information content (AvgIpc) is 2.24. The van der Waals surface area contributed by atoms with E-state index < -0.39 is 0 Å². The highest BCUT2D eigenvalue weighted by Crippen LogP contribution is 2.31. The molecule has 0 aromatic heterocycles. The zero-order chi connectivity index (χ0) is 12.3. The Balaban J connectivity index is 1.64. The molecule has 1 atom stereocenters. The lowest BCUT2D eigenvalue weighted by molar-refractivity contribution is -0.122. The van der Waals surface area contributed by atoms with Crippen LogP contribution in [0.5, 0.6) is 0 Å². The van der Waals surface area contributed by atoms with E-state index in [1.54, 1.807) is 0 Å². The maximum absolute atomic E-state index is 11.1. The van der Waals surface area contributed by atoms with Gasteiger partial charge in [-0.3, -0.25) is 4.79 Å². The minimum absolute atomic E-state index is 0.106. The van der Waals surface area contributed by atoms with Crippen LogP contribution in [0.25, 0.3) is 0 Å². The Morgan fingerprint density at radius 1 is 1.24 bits per heavy atom. The molecule has 98 valence electrons. The molecule has 1 amide bonds. The van der Waals surface area contributed by atoms with Gasteiger partial charge in [0.2, 0.25) is 5.91 Å². The highest BCUT2D eigenvalue weighted by atomic mass is 16.1. The summed E-state index contributed by atoms with van der Waals surface area (Å²) in [5, 5.41) is 3.73. The molecule has 0 aromatic carbocycles. The van der Waals surface area contributed by atoms with E-state index in [9.17, 15) is 4.79 Å². The van der Waals surface area contributed by atoms with Crippen LogP contribution in [-0.2, 0) is 4.79 Å². The second-order valence-electron chi connectivity index (χ2n) is 6.05. The normalized spacial score (nSPS) is 31.8. The first kappa shape index (κ1) is 12.9. The number of nitrogens with one attached hydrogen (secondary N) is 1. The molecule has 2 fully saturated rings. The van der Waals surface area contributed by atoms with E-state index in [2.05, 4.69) is 12.2 Å². The average molecular weight is 238 g/mol. The van der Waals surface area contributed by atoms with Crippen LogP contribution < -0.4 is 11.1 Å². The standard InChI is InChI=1S/C14H26N2O/c1-10(9-11-3-2-4-11)16-13-7-5-12(6-8-13)14(15)17/h10-13,16H,2-9H2,1H3,(H2,15,17). The van der Waals surface area contributed by atoms with E-state index in [1.807, 2.05) is 0 Å². The number of hydrogen-bond acceptors (Lipinski definition) is 2. The van der Waals surface area contributed by atoms with Crippen molar-refractivity contribution in [1.82, 2.24) is 5.32 Å². The SMILES string of the molecule is CC(CC1CCC1)NC1CCC(C(N)=O)CC1. The summed E-state index contributed by atoms with van der Waals surface area (Å²) >= 11 is 0. The van der Waals surface area contributed by atoms with E-state index >= 15 is 0 Å². The van der Waals surface area contributed by atoms with Gasteiger partial charge < -0.3 is 11.1 Å². The lowest BCUT2D eigenvalue weighted by Crippen LogP contribution is -2.42. The molecule has 3 nitrogen and oxygen atoms in total. The molecule has 0 spiro atoms. The van der Waals surface area contributed by atoms with Crippen LogP contribution in [0, 0.1) is 11.8 Å². The summed E-state index contributed by atoms with van der Waals surface area (Å²) in [4.78, 5) is 11.1. The van der Waals surface area contributed by atoms with E-state index in [0.717, 1.165) is 31.6 Å². The molecule has 3 heteroatoms. The van der Waals surface area contributed by atoms with Crippen molar-refractivity contribution in [2.45, 2.75) is 70.4 Å². The molecule has 2 aliphatic carbocycles. The van der Waals surface area contributed by atoms with Crippen LogP contribution in [0.4, 0.5) is 0 Å². The van der Waals surface area contributed by atoms with Crippen LogP contribution in [0.3, 0.4) is 0 Å². The molecule has 2 rings (SSSR count). The third-order valence-electron chi connectivity index (χ3n) is 4.56. The van der Waals surface area contributed by atoms with E-state index in [-0.39, 0.29) is 11.8 Å². The number of amides is 1. The first-order chi connectivity index (χ1) is 8.15. The Labute approximate surface area is 105 Å². The zero-order valence-electron chi connectivity index (χ0n) is 11.0. The number of carbonyl (C=O) groups excluding carboxylic acids is 1. The van der Waals surface area contributed by atoms with Gasteiger partial charge in [0.25, 0.3) is 0 Å². The molecule has 0 heterocycles. The third-order valence-corrected chi connectivity index (χ3v) is 4.56. The van der Waals surface area contributed by atoms with Crippen molar-refractivity contribution in [2.24, 2.45) is 17.6 Å². The van der Waals surface area contributed by atoms with Crippen molar-refractivity contribution in [3.8, 4) is 0 Å². The summed E-state index contributed by atoms with van der Waals surface area (Å²) in [6, 6.07) is 1.25. The predicted molar refractivity (Wildman–Crippen MR) is 69.5 cm³/mol. The van der Waals surface area contributed by atoms with Gasteiger partial charge in [-0.05, 0) is 44.9 Å². The van der Waals surface area contributed by atoms with Crippen LogP contribution in [0.2, 0.25) is 0 Å². The molecule has 3 N–H and O–H groups in total. The van der Waals surface area contributed by atoms with Crippen molar-refractivity contribution < 1.29 is 4.79 Å². The number of rotatable bonds is 5. The Morgan fingerprint density at radius 3 is 2.35 bits per heavy atom. The summed E-state index contributed by atoms with van der Waals surface area (Å²) in [6.45, 7) is 2.30. The van der Waals surface area contributed by atoms with Crippen molar-refractivity contribution in [3.63, 3.8) is 0 Å². The van der Waals surface area contributed by atoms with Crippen LogP contribution in [0.15, 0.2) is 0 Å². The van der Waals surface area contributed by atoms with Crippen molar-refractivity contribution in [3.05, 3.63) is 0 Å². The van der Waals surface area contributed by atoms with Crippen molar-refractivity contribution in [2.75, 3.05) is 0 Å². The fraction of sp³-hybridized carbons (Fsp3) is 0.929. The Bertz CT molecular complexity index is 255. The fourth-order valence-corrected chi connectivity index (χ4v) is 3.24. The van der Waals surface area contributed by atoms with Gasteiger partial charge in [-0.2, -0.15) is 0 Å². The highest BCUT2D eigenvalue weighted by molar-refractivity contribution is 5.76. The van der Waals surface area contributed by atoms with Crippen molar-refractivity contribution >= 4 is 5.91 Å². The number of hydrogen-bond donors (Lipinski definition) is 2. The summed E-state index contributed by atoms with van der Waals surface area (Å²) in [6.07, 6.45) is 9.80. The smallest absolute Gasteiger partial charge is 0.220 e. The Hall–Kier alpha value is -0.570. The van der Waals surface area contributed by atoms with Gasteiger partial charge in [-0.25, -0.2) is 0 Å². The molecule has 1 unspecified atom stereocenters. The summed E-state index contributed by atoms with van der Waals surface area (Å²) in [5.74, 6) is 1.00. The minimum atomic E-state index is -0.106. The van der Waals surface area contributed by atoms with E-state index in [4.69, 9.17) is 5.73 Å². The molecule has 0 aliphatic heterocycles. The largest absolute Gasteiger partial charge is 0.369 e. The van der Waals surface area contributed by atoms with Gasteiger partial charge in [-0.15, -0.1) is 0 Å². The van der Waals surface area contributed by atoms with Gasteiger partial charge in [0.05, 0.1) is 0 Å². The second-order valence-corrected chi connectivity index (χ2v) is 6.05. The monoisotopic (exact) mass is 238 g/mol. The van der Waals surface area contributed by atoms with Gasteiger partial charge in [0, 0.05) is 18.0 Å². The van der Waals surface area contributed by atoms with E-state index in [0.29, 0.717) is 12.1 Å². The summed E-state index contributed by atoms with van der Waals surface area (Å²) in [5.41, 5.74) is 5.35. The number of nitrogens with two attached hydrogens (primary N) is 1. The lowest BCUT2D eigenvalue weighted by atomic mass is 9.80. The maximum atomic E-state index is 11.1. The molecule has 0 aromatic rings. The predicted octanol–water partition coefficient (Wildman–Crippen LogP) is 2.20. The maximum Gasteiger partial charge on any atom is 0.220 e. The molecule has 0 radical (unpaired) electrons. The van der Waals surface area contributed by atoms with Gasteiger partial charge in [0.15, 0.2) is 0 Å². The number of carbonyl (C=O) groups is 1. The Kier molecular flexibility index (Phi) is 4.43. The fourth-order valence-electron chi connectivity index (χ4n) is 3.24. The minimum Gasteiger partial charge on any atom is -0.369 e. The molecular weight excluding hydrogens is 212 g/mol. The first-order valence-corrected chi connectivity index (χ1v) is 7.20. The summed E-state index contributed by atoms with van der Waals surface area (Å²) in [7, 11) is 0. The Morgan fingerprint density at radius 2 is 1.88 bits per heavy atom. The highest BCUT2D eigenvalue weighted by Gasteiger charge is 2.26. The van der Waals surface area contributed by atoms with Crippen LogP contribution in [0.1, 0.15) is 58.3 Å². The topological polar surface area (TPSA) is 55.1 Å². The third kappa shape index (κ3) is 3.70. The van der Waals surface area contributed by atoms with Crippen molar-refractivity contribution in [1.29, 1.82) is 0 Å². The molecule has 0 bridgehead atoms. The second kappa shape index (κ2) is 5.85. The van der Waals surface area contributed by atoms with Crippen LogP contribution in [-0.4, -0.2) is 18.0 Å². The molecule has 0 saturated heterocycles. The summed E-state index contributed by atoms with van der Waals surface area (Å²) < 4.78 is 0. The zero-order valence-corrected chi connectivity index (χ0v) is 11.0. The van der Waals surface area contributed by atoms with Gasteiger partial charge in [-0.1, -0.05) is 19.3 Å². The van der Waals surface area contributed by atoms with Gasteiger partial charge >= 0.3 is 0 Å². The molecule has 17 heavy (non-hydrogen) atoms. The molecular formula is C14H26N2O. The number of primary amides is 1.